The van der Waals surface area contributed by atoms with Gasteiger partial charge in [0.05, 0.1) is 5.69 Å². The average Bonchev–Trinajstić information content (AvgIpc) is 2.65. The predicted octanol–water partition coefficient (Wildman–Crippen LogP) is 6.02. The summed E-state index contributed by atoms with van der Waals surface area (Å²) in [4.78, 5) is 9.44. The number of aryl methyl sites for hydroxylation is 3. The summed E-state index contributed by atoms with van der Waals surface area (Å²) in [5.41, 5.74) is 6.77. The van der Waals surface area contributed by atoms with E-state index in [1.165, 1.54) is 16.7 Å². The minimum absolute atomic E-state index is 0.312. The van der Waals surface area contributed by atoms with Crippen LogP contribution in [0.4, 0.5) is 17.5 Å². The van der Waals surface area contributed by atoms with Crippen molar-refractivity contribution in [2.24, 2.45) is 0 Å². The predicted molar refractivity (Wildman–Crippen MR) is 115 cm³/mol. The van der Waals surface area contributed by atoms with Crippen molar-refractivity contribution in [1.29, 1.82) is 0 Å². The van der Waals surface area contributed by atoms with Crippen molar-refractivity contribution in [3.63, 3.8) is 0 Å². The Bertz CT molecular complexity index is 896. The van der Waals surface area contributed by atoms with Gasteiger partial charge in [-0.1, -0.05) is 55.0 Å². The first kappa shape index (κ1) is 18.9. The molecule has 4 heteroatoms. The Labute approximate surface area is 162 Å². The normalized spacial score (nSPS) is 11.9. The molecule has 0 radical (unpaired) electrons. The van der Waals surface area contributed by atoms with E-state index in [4.69, 9.17) is 9.97 Å². The van der Waals surface area contributed by atoms with Crippen molar-refractivity contribution in [3.05, 3.63) is 65.2 Å². The summed E-state index contributed by atoms with van der Waals surface area (Å²) in [6.45, 7) is 10.7. The molecule has 3 aromatic rings. The molecule has 1 heterocycles. The van der Waals surface area contributed by atoms with Crippen LogP contribution in [0.5, 0.6) is 0 Å². The van der Waals surface area contributed by atoms with Crippen molar-refractivity contribution < 1.29 is 0 Å². The van der Waals surface area contributed by atoms with Crippen LogP contribution in [0.2, 0.25) is 0 Å². The van der Waals surface area contributed by atoms with Crippen LogP contribution in [0.25, 0.3) is 11.3 Å². The van der Waals surface area contributed by atoms with E-state index in [2.05, 4.69) is 69.5 Å². The molecule has 0 amide bonds. The Morgan fingerprint density at radius 3 is 2.22 bits per heavy atom. The van der Waals surface area contributed by atoms with Gasteiger partial charge in [-0.25, -0.2) is 4.98 Å². The maximum absolute atomic E-state index is 4.73. The quantitative estimate of drug-likeness (QED) is 0.564. The molecular formula is C23H28N4. The van der Waals surface area contributed by atoms with Crippen LogP contribution in [-0.4, -0.2) is 16.0 Å². The highest BCUT2D eigenvalue weighted by Crippen LogP contribution is 2.28. The van der Waals surface area contributed by atoms with Gasteiger partial charge in [0, 0.05) is 23.4 Å². The van der Waals surface area contributed by atoms with Crippen molar-refractivity contribution in [2.75, 3.05) is 10.6 Å². The second-order valence-electron chi connectivity index (χ2n) is 7.18. The fraction of sp³-hybridized carbons (Fsp3) is 0.304. The SMILES string of the molecule is CC[C@@H](C)Nc1nc(Nc2c(C)cc(C)cc2C)cc(-c2ccccc2)n1. The van der Waals surface area contributed by atoms with Gasteiger partial charge >= 0.3 is 0 Å². The summed E-state index contributed by atoms with van der Waals surface area (Å²) in [7, 11) is 0. The number of anilines is 3. The molecule has 140 valence electrons. The van der Waals surface area contributed by atoms with Crippen LogP contribution < -0.4 is 10.6 Å². The van der Waals surface area contributed by atoms with Gasteiger partial charge in [0.1, 0.15) is 5.82 Å². The van der Waals surface area contributed by atoms with E-state index in [0.717, 1.165) is 29.2 Å². The summed E-state index contributed by atoms with van der Waals surface area (Å²) in [5.74, 6) is 1.44. The number of hydrogen-bond donors (Lipinski definition) is 2. The van der Waals surface area contributed by atoms with Crippen LogP contribution in [0.1, 0.15) is 37.0 Å². The van der Waals surface area contributed by atoms with Crippen molar-refractivity contribution in [1.82, 2.24) is 9.97 Å². The molecule has 0 aliphatic heterocycles. The Hall–Kier alpha value is -2.88. The highest BCUT2D eigenvalue weighted by atomic mass is 15.2. The van der Waals surface area contributed by atoms with E-state index in [-0.39, 0.29) is 0 Å². The van der Waals surface area contributed by atoms with E-state index in [1.54, 1.807) is 0 Å². The molecule has 0 fully saturated rings. The fourth-order valence-electron chi connectivity index (χ4n) is 3.16. The van der Waals surface area contributed by atoms with Crippen molar-refractivity contribution >= 4 is 17.5 Å². The van der Waals surface area contributed by atoms with Gasteiger partial charge in [-0.15, -0.1) is 0 Å². The molecule has 1 atom stereocenters. The Morgan fingerprint density at radius 2 is 1.59 bits per heavy atom. The van der Waals surface area contributed by atoms with Gasteiger partial charge in [-0.3, -0.25) is 0 Å². The fourth-order valence-corrected chi connectivity index (χ4v) is 3.16. The second-order valence-corrected chi connectivity index (χ2v) is 7.18. The van der Waals surface area contributed by atoms with Crippen LogP contribution in [-0.2, 0) is 0 Å². The van der Waals surface area contributed by atoms with Gasteiger partial charge in [0.25, 0.3) is 0 Å². The highest BCUT2D eigenvalue weighted by molar-refractivity contribution is 5.70. The molecule has 2 N–H and O–H groups in total. The van der Waals surface area contributed by atoms with E-state index >= 15 is 0 Å². The molecule has 0 aliphatic carbocycles. The van der Waals surface area contributed by atoms with Gasteiger partial charge in [0.15, 0.2) is 0 Å². The molecule has 1 aromatic heterocycles. The molecule has 2 aromatic carbocycles. The van der Waals surface area contributed by atoms with E-state index in [0.29, 0.717) is 12.0 Å². The zero-order valence-electron chi connectivity index (χ0n) is 16.8. The number of hydrogen-bond acceptors (Lipinski definition) is 4. The Kier molecular flexibility index (Phi) is 5.75. The number of aromatic nitrogens is 2. The molecule has 4 nitrogen and oxygen atoms in total. The van der Waals surface area contributed by atoms with E-state index < -0.39 is 0 Å². The molecule has 0 bridgehead atoms. The van der Waals surface area contributed by atoms with Crippen LogP contribution in [0.15, 0.2) is 48.5 Å². The lowest BCUT2D eigenvalue weighted by Gasteiger charge is -2.17. The first-order valence-corrected chi connectivity index (χ1v) is 9.52. The highest BCUT2D eigenvalue weighted by Gasteiger charge is 2.11. The summed E-state index contributed by atoms with van der Waals surface area (Å²) < 4.78 is 0. The number of rotatable bonds is 6. The standard InChI is InChI=1S/C23H28N4/c1-6-18(5)24-23-25-20(19-10-8-7-9-11-19)14-21(27-23)26-22-16(3)12-15(2)13-17(22)4/h7-14,18H,6H2,1-5H3,(H2,24,25,26,27)/t18-/m1/s1. The number of benzene rings is 2. The lowest BCUT2D eigenvalue weighted by atomic mass is 10.1. The van der Waals surface area contributed by atoms with Gasteiger partial charge in [-0.2, -0.15) is 4.98 Å². The summed E-state index contributed by atoms with van der Waals surface area (Å²) in [5, 5.41) is 6.92. The van der Waals surface area contributed by atoms with Gasteiger partial charge < -0.3 is 10.6 Å². The molecular weight excluding hydrogens is 332 g/mol. The minimum atomic E-state index is 0.312. The van der Waals surface area contributed by atoms with E-state index in [1.807, 2.05) is 24.3 Å². The largest absolute Gasteiger partial charge is 0.352 e. The van der Waals surface area contributed by atoms with Crippen LogP contribution in [0, 0.1) is 20.8 Å². The maximum atomic E-state index is 4.73. The minimum Gasteiger partial charge on any atom is -0.352 e. The third-order valence-electron chi connectivity index (χ3n) is 4.71. The molecule has 0 saturated carbocycles. The smallest absolute Gasteiger partial charge is 0.225 e. The van der Waals surface area contributed by atoms with Crippen molar-refractivity contribution in [2.45, 2.75) is 47.1 Å². The first-order chi connectivity index (χ1) is 13.0. The molecule has 0 saturated heterocycles. The van der Waals surface area contributed by atoms with Gasteiger partial charge in [-0.05, 0) is 45.2 Å². The molecule has 0 unspecified atom stereocenters. The summed E-state index contributed by atoms with van der Waals surface area (Å²) in [6, 6.07) is 16.9. The lowest BCUT2D eigenvalue weighted by molar-refractivity contribution is 0.753. The van der Waals surface area contributed by atoms with Crippen LogP contribution >= 0.6 is 0 Å². The topological polar surface area (TPSA) is 49.8 Å². The first-order valence-electron chi connectivity index (χ1n) is 9.52. The summed E-state index contributed by atoms with van der Waals surface area (Å²) in [6.07, 6.45) is 1.01. The second kappa shape index (κ2) is 8.21. The average molecular weight is 361 g/mol. The molecule has 27 heavy (non-hydrogen) atoms. The molecule has 3 rings (SSSR count). The van der Waals surface area contributed by atoms with Crippen LogP contribution in [0.3, 0.4) is 0 Å². The monoisotopic (exact) mass is 360 g/mol. The Morgan fingerprint density at radius 1 is 0.926 bits per heavy atom. The number of nitrogens with one attached hydrogen (secondary N) is 2. The summed E-state index contributed by atoms with van der Waals surface area (Å²) >= 11 is 0. The molecule has 0 aliphatic rings. The zero-order valence-corrected chi connectivity index (χ0v) is 16.8. The molecule has 0 spiro atoms. The van der Waals surface area contributed by atoms with Crippen molar-refractivity contribution in [3.8, 4) is 11.3 Å². The van der Waals surface area contributed by atoms with E-state index in [9.17, 15) is 0 Å². The Balaban J connectivity index is 2.02. The van der Waals surface area contributed by atoms with Gasteiger partial charge in [0.2, 0.25) is 5.95 Å². The third kappa shape index (κ3) is 4.64. The third-order valence-corrected chi connectivity index (χ3v) is 4.71. The number of nitrogens with zero attached hydrogens (tertiary/aromatic N) is 2. The zero-order chi connectivity index (χ0) is 19.4. The lowest BCUT2D eigenvalue weighted by Crippen LogP contribution is -2.16. The maximum Gasteiger partial charge on any atom is 0.225 e.